The third kappa shape index (κ3) is 5.80. The highest BCUT2D eigenvalue weighted by Crippen LogP contribution is 2.33. The number of fused-ring (bicyclic) bond motifs is 1. The van der Waals surface area contributed by atoms with E-state index < -0.39 is 5.97 Å². The van der Waals surface area contributed by atoms with E-state index in [1.54, 1.807) is 26.2 Å². The first kappa shape index (κ1) is 21.0. The van der Waals surface area contributed by atoms with Gasteiger partial charge in [0.1, 0.15) is 11.2 Å². The Morgan fingerprint density at radius 3 is 2.76 bits per heavy atom. The van der Waals surface area contributed by atoms with Gasteiger partial charge in [-0.1, -0.05) is 0 Å². The van der Waals surface area contributed by atoms with Crippen LogP contribution in [0, 0.1) is 6.92 Å². The third-order valence-electron chi connectivity index (χ3n) is 5.97. The molecule has 0 saturated heterocycles. The molecular formula is C27H42N8O2. The number of nitrogens with zero attached hydrogens (tertiary/aromatic N) is 5. The lowest BCUT2D eigenvalue weighted by molar-refractivity contribution is 0.0378. The lowest BCUT2D eigenvalue weighted by Gasteiger charge is -2.24. The lowest BCUT2D eigenvalue weighted by atomic mass is 10.1. The molecule has 10 heteroatoms. The van der Waals surface area contributed by atoms with Gasteiger partial charge in [0, 0.05) is 67.2 Å². The third-order valence-corrected chi connectivity index (χ3v) is 5.97. The van der Waals surface area contributed by atoms with Crippen molar-refractivity contribution in [2.45, 2.75) is 26.9 Å². The summed E-state index contributed by atoms with van der Waals surface area (Å²) < 4.78 is 45.5. The van der Waals surface area contributed by atoms with Crippen LogP contribution < -0.4 is 16.0 Å². The Morgan fingerprint density at radius 2 is 2.03 bits per heavy atom. The van der Waals surface area contributed by atoms with Gasteiger partial charge in [-0.25, -0.2) is 19.7 Å². The fraction of sp³-hybridized carbons (Fsp3) is 0.333. The number of esters is 1. The lowest BCUT2D eigenvalue weighted by Crippen LogP contribution is -2.29. The molecular weight excluding hydrogens is 468 g/mol. The average Bonchev–Trinajstić information content (AvgIpc) is 3.49. The summed E-state index contributed by atoms with van der Waals surface area (Å²) in [4.78, 5) is 33.8. The monoisotopic (exact) mass is 526 g/mol. The second-order valence-corrected chi connectivity index (χ2v) is 9.59. The summed E-state index contributed by atoms with van der Waals surface area (Å²) in [6, 6.07) is 7.71. The predicted octanol–water partition coefficient (Wildman–Crippen LogP) is 5.20. The van der Waals surface area contributed by atoms with E-state index in [0.717, 1.165) is 41.0 Å². The Hall–Kier alpha value is -4.18. The number of ether oxygens (including phenoxy) is 1. The first-order valence-electron chi connectivity index (χ1n) is 16.2. The SMILES string of the molecule is Cc1cc(N(C)CCN(C)C)c(N)cc1Nc1ncc(C(=O)OC(C)C)c(-c2c[nH]c3ncccc23)n1.[3H][3H].[3H][3H].[3H][3H].[3H][3H]. The summed E-state index contributed by atoms with van der Waals surface area (Å²) >= 11 is 0. The highest BCUT2D eigenvalue weighted by Gasteiger charge is 2.21. The molecule has 0 radical (unpaired) electrons. The van der Waals surface area contributed by atoms with Crippen LogP contribution in [0.15, 0.2) is 42.9 Å². The van der Waals surface area contributed by atoms with E-state index in [-0.39, 0.29) is 11.7 Å². The quantitative estimate of drug-likeness (QED) is 0.199. The minimum absolute atomic E-state index is 0.275. The summed E-state index contributed by atoms with van der Waals surface area (Å²) in [5.74, 6) is -0.147. The van der Waals surface area contributed by atoms with Crippen LogP contribution in [0.3, 0.4) is 0 Å². The van der Waals surface area contributed by atoms with Crippen LogP contribution in [0.5, 0.6) is 0 Å². The van der Waals surface area contributed by atoms with Gasteiger partial charge in [-0.3, -0.25) is 0 Å². The normalized spacial score (nSPS) is 12.2. The van der Waals surface area contributed by atoms with Crippen LogP contribution >= 0.6 is 0 Å². The van der Waals surface area contributed by atoms with Crippen LogP contribution in [0.2, 0.25) is 0 Å². The Labute approximate surface area is 229 Å². The van der Waals surface area contributed by atoms with Crippen molar-refractivity contribution in [3.63, 3.8) is 0 Å². The number of likely N-dealkylation sites (N-methyl/N-ethyl adjacent to an activating group) is 2. The molecule has 0 unspecified atom stereocenters. The van der Waals surface area contributed by atoms with Crippen molar-refractivity contribution >= 4 is 40.0 Å². The summed E-state index contributed by atoms with van der Waals surface area (Å²) in [5.41, 5.74) is 12.0. The van der Waals surface area contributed by atoms with Gasteiger partial charge in [-0.05, 0) is 64.7 Å². The molecule has 10 nitrogen and oxygen atoms in total. The molecule has 0 bridgehead atoms. The van der Waals surface area contributed by atoms with Gasteiger partial charge in [0.15, 0.2) is 0 Å². The molecule has 0 atom stereocenters. The van der Waals surface area contributed by atoms with E-state index in [1.165, 1.54) is 6.20 Å². The Morgan fingerprint density at radius 1 is 1.24 bits per heavy atom. The maximum Gasteiger partial charge on any atom is 0.342 e. The summed E-state index contributed by atoms with van der Waals surface area (Å²) in [5, 5.41) is 4.12. The van der Waals surface area contributed by atoms with Crippen molar-refractivity contribution in [3.05, 3.63) is 54.0 Å². The number of rotatable bonds is 9. The van der Waals surface area contributed by atoms with Gasteiger partial charge in [-0.2, -0.15) is 0 Å². The Balaban J connectivity index is 0.00000224. The number of hydrogen-bond donors (Lipinski definition) is 3. The maximum absolute atomic E-state index is 12.9. The number of anilines is 4. The molecule has 1 aromatic carbocycles. The van der Waals surface area contributed by atoms with Crippen molar-refractivity contribution in [1.29, 1.82) is 0 Å². The van der Waals surface area contributed by atoms with Gasteiger partial charge in [0.05, 0.1) is 23.2 Å². The molecule has 0 spiro atoms. The van der Waals surface area contributed by atoms with E-state index in [0.29, 0.717) is 23.0 Å². The molecule has 0 saturated carbocycles. The summed E-state index contributed by atoms with van der Waals surface area (Å²) in [6.45, 7) is 7.38. The van der Waals surface area contributed by atoms with E-state index in [2.05, 4.69) is 30.1 Å². The molecule has 0 amide bonds. The number of aromatic nitrogens is 4. The zero-order chi connectivity index (χ0) is 34.7. The average molecular weight is 527 g/mol. The summed E-state index contributed by atoms with van der Waals surface area (Å²) in [7, 11) is 6.12. The van der Waals surface area contributed by atoms with Gasteiger partial charge >= 0.3 is 5.97 Å². The molecule has 4 N–H and O–H groups in total. The number of carbonyl (C=O) groups is 1. The number of nitrogens with two attached hydrogens (primary N) is 1. The molecule has 0 aliphatic carbocycles. The van der Waals surface area contributed by atoms with Crippen LogP contribution in [0.4, 0.5) is 23.0 Å². The molecule has 0 fully saturated rings. The van der Waals surface area contributed by atoms with E-state index in [4.69, 9.17) is 27.3 Å². The minimum Gasteiger partial charge on any atom is -0.459 e. The fourth-order valence-corrected chi connectivity index (χ4v) is 3.99. The standard InChI is InChI=1S/C27H34N8O2.4H2/c1-16(2)37-26(36)20-15-31-27(33-24(20)19-14-30-25-18(19)8-7-9-29-25)32-22-13-21(28)23(12-17(22)3)35(6)11-10-34(4)5;;;;/h7-9,12-16H,10-11,28H2,1-6H3,(H,29,30)(H,31,32,33);4*1H/i;4*1+2T. The highest BCUT2D eigenvalue weighted by molar-refractivity contribution is 6.02. The summed E-state index contributed by atoms with van der Waals surface area (Å²) in [6.07, 6.45) is 4.71. The van der Waals surface area contributed by atoms with Crippen molar-refractivity contribution in [2.75, 3.05) is 50.2 Å². The number of nitrogen functional groups attached to an aromatic ring is 1. The molecule has 3 aromatic heterocycles. The number of aromatic amines is 1. The van der Waals surface area contributed by atoms with Gasteiger partial charge in [0.2, 0.25) is 5.95 Å². The number of H-pyrrole nitrogens is 1. The molecule has 4 rings (SSSR count). The largest absolute Gasteiger partial charge is 0.459 e. The number of hydrogen-bond acceptors (Lipinski definition) is 9. The fourth-order valence-electron chi connectivity index (χ4n) is 3.99. The van der Waals surface area contributed by atoms with Crippen molar-refractivity contribution in [3.8, 4) is 11.3 Å². The number of nitrogens with one attached hydrogen (secondary N) is 2. The number of carbonyl (C=O) groups excluding carboxylic acids is 1. The minimum atomic E-state index is -0.486. The predicted molar refractivity (Wildman–Crippen MR) is 157 cm³/mol. The first-order chi connectivity index (χ1) is 21.6. The zero-order valence-electron chi connectivity index (χ0n) is 30.2. The Bertz CT molecular complexity index is 1440. The second kappa shape index (κ2) is 10.8. The first-order valence-corrected chi connectivity index (χ1v) is 12.2. The molecule has 202 valence electrons. The number of benzene rings is 1. The van der Waals surface area contributed by atoms with Crippen LogP contribution in [0.1, 0.15) is 41.6 Å². The van der Waals surface area contributed by atoms with E-state index >= 15 is 0 Å². The molecule has 37 heavy (non-hydrogen) atoms. The van der Waals surface area contributed by atoms with Crippen LogP contribution in [-0.4, -0.2) is 71.1 Å². The van der Waals surface area contributed by atoms with Crippen molar-refractivity contribution < 1.29 is 21.4 Å². The maximum atomic E-state index is 12.9. The molecule has 3 heterocycles. The van der Waals surface area contributed by atoms with Gasteiger partial charge in [-0.15, -0.1) is 0 Å². The second-order valence-electron chi connectivity index (χ2n) is 9.59. The topological polar surface area (TPSA) is 125 Å². The Kier molecular flexibility index (Phi) is 6.14. The van der Waals surface area contributed by atoms with E-state index in [1.807, 2.05) is 52.3 Å². The van der Waals surface area contributed by atoms with Crippen LogP contribution in [-0.2, 0) is 4.74 Å². The smallest absolute Gasteiger partial charge is 0.342 e. The molecule has 0 aliphatic rings. The molecule has 0 aliphatic heterocycles. The van der Waals surface area contributed by atoms with Gasteiger partial charge < -0.3 is 30.6 Å². The van der Waals surface area contributed by atoms with Crippen molar-refractivity contribution in [1.82, 2.24) is 24.8 Å². The number of aryl methyl sites for hydroxylation is 1. The highest BCUT2D eigenvalue weighted by atomic mass is 16.5. The molecule has 4 aromatic rings. The number of pyridine rings is 1. The van der Waals surface area contributed by atoms with Gasteiger partial charge in [0.25, 0.3) is 0 Å². The van der Waals surface area contributed by atoms with Crippen LogP contribution in [0.25, 0.3) is 22.3 Å². The van der Waals surface area contributed by atoms with Crippen molar-refractivity contribution in [2.24, 2.45) is 0 Å². The van der Waals surface area contributed by atoms with E-state index in [9.17, 15) is 4.79 Å². The zero-order valence-corrected chi connectivity index (χ0v) is 22.2.